The third kappa shape index (κ3) is 4.72. The molecule has 1 amide bonds. The van der Waals surface area contributed by atoms with E-state index in [1.807, 2.05) is 0 Å². The van der Waals surface area contributed by atoms with E-state index >= 15 is 0 Å². The quantitative estimate of drug-likeness (QED) is 0.691. The first kappa shape index (κ1) is 15.2. The van der Waals surface area contributed by atoms with Gasteiger partial charge >= 0.3 is 16.3 Å². The number of para-hydroxylation sites is 1. The highest BCUT2D eigenvalue weighted by atomic mass is 32.2. The summed E-state index contributed by atoms with van der Waals surface area (Å²) in [5.41, 5.74) is 5.99. The molecule has 4 N–H and O–H groups in total. The third-order valence-corrected chi connectivity index (χ3v) is 3.07. The van der Waals surface area contributed by atoms with E-state index < -0.39 is 16.3 Å². The van der Waals surface area contributed by atoms with Gasteiger partial charge in [-0.15, -0.1) is 0 Å². The molecule has 0 aliphatic rings. The van der Waals surface area contributed by atoms with Crippen LogP contribution >= 0.6 is 12.2 Å². The maximum atomic E-state index is 11.7. The van der Waals surface area contributed by atoms with E-state index in [1.54, 1.807) is 29.8 Å². The summed E-state index contributed by atoms with van der Waals surface area (Å²) in [5.74, 6) is 0. The van der Waals surface area contributed by atoms with E-state index in [9.17, 15) is 13.2 Å². The lowest BCUT2D eigenvalue weighted by Crippen LogP contribution is -2.36. The molecule has 0 aromatic heterocycles. The second-order valence-corrected chi connectivity index (χ2v) is 5.19. The molecule has 0 radical (unpaired) electrons. The number of hydrogen-bond donors (Lipinski definition) is 3. The van der Waals surface area contributed by atoms with Crippen molar-refractivity contribution < 1.29 is 17.9 Å². The van der Waals surface area contributed by atoms with Gasteiger partial charge in [0.15, 0.2) is 0 Å². The van der Waals surface area contributed by atoms with Crippen LogP contribution in [0.4, 0.5) is 10.5 Å². The summed E-state index contributed by atoms with van der Waals surface area (Å²) in [5, 5.41) is 0. The molecule has 0 aliphatic carbocycles. The van der Waals surface area contributed by atoms with Crippen LogP contribution < -0.4 is 15.2 Å². The van der Waals surface area contributed by atoms with Gasteiger partial charge in [0, 0.05) is 5.56 Å². The van der Waals surface area contributed by atoms with Crippen molar-refractivity contribution >= 4 is 39.2 Å². The molecule has 0 aliphatic heterocycles. The van der Waals surface area contributed by atoms with Crippen molar-refractivity contribution in [2.75, 3.05) is 11.3 Å². The number of rotatable bonds is 5. The number of benzene rings is 1. The Balaban J connectivity index is 2.90. The molecule has 1 aromatic carbocycles. The fraction of sp³-hybridized carbons (Fsp3) is 0.200. The van der Waals surface area contributed by atoms with Crippen LogP contribution in [0.5, 0.6) is 0 Å². The van der Waals surface area contributed by atoms with Gasteiger partial charge in [-0.05, 0) is 19.1 Å². The maximum absolute atomic E-state index is 11.7. The SMILES string of the molecule is CCOC(=O)NS(=O)(=O)Nc1ccccc1C(N)=S. The molecule has 0 bridgehead atoms. The molecule has 1 aromatic rings. The molecule has 104 valence electrons. The van der Waals surface area contributed by atoms with E-state index in [2.05, 4.69) is 9.46 Å². The second kappa shape index (κ2) is 6.34. The Bertz CT molecular complexity index is 586. The van der Waals surface area contributed by atoms with Gasteiger partial charge in [-0.3, -0.25) is 4.72 Å². The first-order valence-electron chi connectivity index (χ1n) is 5.22. The highest BCUT2D eigenvalue weighted by Gasteiger charge is 2.17. The van der Waals surface area contributed by atoms with Gasteiger partial charge in [-0.2, -0.15) is 8.42 Å². The number of amides is 1. The molecular weight excluding hydrogens is 290 g/mol. The highest BCUT2D eigenvalue weighted by Crippen LogP contribution is 2.15. The summed E-state index contributed by atoms with van der Waals surface area (Å²) in [4.78, 5) is 11.1. The fourth-order valence-electron chi connectivity index (χ4n) is 1.23. The molecule has 0 atom stereocenters. The first-order valence-corrected chi connectivity index (χ1v) is 7.11. The monoisotopic (exact) mass is 303 g/mol. The summed E-state index contributed by atoms with van der Waals surface area (Å²) in [6.07, 6.45) is -1.07. The summed E-state index contributed by atoms with van der Waals surface area (Å²) >= 11 is 4.80. The smallest absolute Gasteiger partial charge is 0.422 e. The van der Waals surface area contributed by atoms with Crippen molar-refractivity contribution in [1.82, 2.24) is 4.72 Å². The molecule has 19 heavy (non-hydrogen) atoms. The molecule has 0 saturated carbocycles. The van der Waals surface area contributed by atoms with Crippen LogP contribution in [0, 0.1) is 0 Å². The minimum Gasteiger partial charge on any atom is -0.449 e. The van der Waals surface area contributed by atoms with Gasteiger partial charge in [0.2, 0.25) is 0 Å². The summed E-state index contributed by atoms with van der Waals surface area (Å²) in [7, 11) is -4.10. The predicted molar refractivity (Wildman–Crippen MR) is 75.0 cm³/mol. The second-order valence-electron chi connectivity index (χ2n) is 3.34. The van der Waals surface area contributed by atoms with Crippen molar-refractivity contribution in [3.05, 3.63) is 29.8 Å². The topological polar surface area (TPSA) is 111 Å². The van der Waals surface area contributed by atoms with E-state index in [0.29, 0.717) is 5.56 Å². The lowest BCUT2D eigenvalue weighted by molar-refractivity contribution is 0.159. The van der Waals surface area contributed by atoms with Crippen molar-refractivity contribution in [3.63, 3.8) is 0 Å². The van der Waals surface area contributed by atoms with Crippen LogP contribution in [-0.2, 0) is 14.9 Å². The first-order chi connectivity index (χ1) is 8.85. The standard InChI is InChI=1S/C10H13N3O4S2/c1-2-17-10(14)13-19(15,16)12-8-6-4-3-5-7(8)9(11)18/h3-6,12H,2H2,1H3,(H2,11,18)(H,13,14). The van der Waals surface area contributed by atoms with Crippen molar-refractivity contribution in [3.8, 4) is 0 Å². The average Bonchev–Trinajstić information content (AvgIpc) is 2.28. The molecular formula is C10H13N3O4S2. The number of nitrogens with two attached hydrogens (primary N) is 1. The minimum atomic E-state index is -4.10. The van der Waals surface area contributed by atoms with Crippen LogP contribution in [0.25, 0.3) is 0 Å². The lowest BCUT2D eigenvalue weighted by Gasteiger charge is -2.12. The van der Waals surface area contributed by atoms with Gasteiger partial charge in [0.05, 0.1) is 12.3 Å². The molecule has 7 nitrogen and oxygen atoms in total. The van der Waals surface area contributed by atoms with Crippen LogP contribution in [0.1, 0.15) is 12.5 Å². The lowest BCUT2D eigenvalue weighted by atomic mass is 10.2. The Morgan fingerprint density at radius 2 is 2.05 bits per heavy atom. The molecule has 0 saturated heterocycles. The number of ether oxygens (including phenoxy) is 1. The Hall–Kier alpha value is -1.87. The zero-order chi connectivity index (χ0) is 14.5. The van der Waals surface area contributed by atoms with Crippen LogP contribution in [-0.4, -0.2) is 26.1 Å². The summed E-state index contributed by atoms with van der Waals surface area (Å²) in [6, 6.07) is 6.29. The van der Waals surface area contributed by atoms with Crippen LogP contribution in [0.3, 0.4) is 0 Å². The Kier molecular flexibility index (Phi) is 5.07. The van der Waals surface area contributed by atoms with Crippen LogP contribution in [0.2, 0.25) is 0 Å². The number of hydrogen-bond acceptors (Lipinski definition) is 5. The molecule has 1 rings (SSSR count). The maximum Gasteiger partial charge on any atom is 0.422 e. The summed E-state index contributed by atoms with van der Waals surface area (Å²) < 4.78 is 31.6. The number of anilines is 1. The zero-order valence-electron chi connectivity index (χ0n) is 10.0. The van der Waals surface area contributed by atoms with E-state index in [-0.39, 0.29) is 17.3 Å². The van der Waals surface area contributed by atoms with Crippen molar-refractivity contribution in [2.24, 2.45) is 5.73 Å². The van der Waals surface area contributed by atoms with E-state index in [0.717, 1.165) is 0 Å². The molecule has 0 unspecified atom stereocenters. The molecule has 0 spiro atoms. The average molecular weight is 303 g/mol. The van der Waals surface area contributed by atoms with E-state index in [1.165, 1.54) is 6.07 Å². The van der Waals surface area contributed by atoms with Gasteiger partial charge < -0.3 is 10.5 Å². The molecule has 9 heteroatoms. The minimum absolute atomic E-state index is 0.0365. The van der Waals surface area contributed by atoms with Crippen molar-refractivity contribution in [2.45, 2.75) is 6.92 Å². The molecule has 0 fully saturated rings. The zero-order valence-corrected chi connectivity index (χ0v) is 11.7. The summed E-state index contributed by atoms with van der Waals surface area (Å²) in [6.45, 7) is 1.62. The normalized spacial score (nSPS) is 10.6. The Labute approximate surface area is 116 Å². The van der Waals surface area contributed by atoms with Crippen molar-refractivity contribution in [1.29, 1.82) is 0 Å². The Morgan fingerprint density at radius 3 is 2.63 bits per heavy atom. The van der Waals surface area contributed by atoms with Gasteiger partial charge in [0.1, 0.15) is 4.99 Å². The number of carbonyl (C=O) groups excluding carboxylic acids is 1. The third-order valence-electron chi connectivity index (χ3n) is 1.93. The number of carbonyl (C=O) groups is 1. The largest absolute Gasteiger partial charge is 0.449 e. The van der Waals surface area contributed by atoms with Gasteiger partial charge in [-0.25, -0.2) is 9.52 Å². The van der Waals surface area contributed by atoms with Gasteiger partial charge in [-0.1, -0.05) is 24.4 Å². The number of thiocarbonyl (C=S) groups is 1. The number of nitrogens with one attached hydrogen (secondary N) is 2. The highest BCUT2D eigenvalue weighted by molar-refractivity contribution is 7.91. The molecule has 0 heterocycles. The predicted octanol–water partition coefficient (Wildman–Crippen LogP) is 0.724. The Morgan fingerprint density at radius 1 is 1.42 bits per heavy atom. The van der Waals surface area contributed by atoms with Gasteiger partial charge in [0.25, 0.3) is 0 Å². The van der Waals surface area contributed by atoms with Crippen LogP contribution in [0.15, 0.2) is 24.3 Å². The fourth-order valence-corrected chi connectivity index (χ4v) is 2.20. The van der Waals surface area contributed by atoms with E-state index in [4.69, 9.17) is 18.0 Å².